The van der Waals surface area contributed by atoms with E-state index in [1.165, 1.54) is 6.20 Å². The first-order valence-electron chi connectivity index (χ1n) is 6.29. The molecule has 0 aromatic carbocycles. The minimum Gasteiger partial charge on any atom is -0.506 e. The maximum absolute atomic E-state index is 9.19. The molecule has 1 atom stereocenters. The summed E-state index contributed by atoms with van der Waals surface area (Å²) in [6.45, 7) is 9.83. The second-order valence-electron chi connectivity index (χ2n) is 4.72. The van der Waals surface area contributed by atoms with E-state index in [-0.39, 0.29) is 5.75 Å². The quantitative estimate of drug-likeness (QED) is 0.857. The van der Waals surface area contributed by atoms with Crippen molar-refractivity contribution in [3.8, 4) is 5.75 Å². The highest BCUT2D eigenvalue weighted by molar-refractivity contribution is 5.17. The summed E-state index contributed by atoms with van der Waals surface area (Å²) in [7, 11) is 0. The summed E-state index contributed by atoms with van der Waals surface area (Å²) in [5.41, 5.74) is 1.03. The van der Waals surface area contributed by atoms with Gasteiger partial charge in [-0.3, -0.25) is 14.8 Å². The molecule has 4 nitrogen and oxygen atoms in total. The van der Waals surface area contributed by atoms with Crippen molar-refractivity contribution in [1.82, 2.24) is 14.8 Å². The summed E-state index contributed by atoms with van der Waals surface area (Å²) in [6.07, 6.45) is 1.51. The molecule has 4 heteroatoms. The molecular formula is C13H21N3O. The van der Waals surface area contributed by atoms with Gasteiger partial charge in [-0.05, 0) is 25.6 Å². The van der Waals surface area contributed by atoms with Crippen molar-refractivity contribution in [1.29, 1.82) is 0 Å². The van der Waals surface area contributed by atoms with Crippen molar-refractivity contribution in [2.24, 2.45) is 0 Å². The molecule has 2 rings (SSSR count). The van der Waals surface area contributed by atoms with Gasteiger partial charge in [0, 0.05) is 32.2 Å². The van der Waals surface area contributed by atoms with Crippen LogP contribution < -0.4 is 0 Å². The largest absolute Gasteiger partial charge is 0.506 e. The Kier molecular flexibility index (Phi) is 3.97. The molecular weight excluding hydrogens is 214 g/mol. The van der Waals surface area contributed by atoms with Crippen LogP contribution in [0.15, 0.2) is 18.3 Å². The zero-order chi connectivity index (χ0) is 12.3. The lowest BCUT2D eigenvalue weighted by molar-refractivity contribution is 0.0826. The van der Waals surface area contributed by atoms with Crippen LogP contribution in [-0.2, 0) is 6.54 Å². The van der Waals surface area contributed by atoms with E-state index in [1.807, 2.05) is 6.07 Å². The van der Waals surface area contributed by atoms with Crippen LogP contribution in [-0.4, -0.2) is 52.1 Å². The molecule has 0 bridgehead atoms. The Morgan fingerprint density at radius 1 is 1.41 bits per heavy atom. The van der Waals surface area contributed by atoms with Gasteiger partial charge in [0.25, 0.3) is 0 Å². The number of aromatic hydroxyl groups is 1. The van der Waals surface area contributed by atoms with E-state index < -0.39 is 0 Å². The molecule has 0 amide bonds. The standard InChI is InChI=1S/C13H21N3O/c1-3-16-7-6-15(9-11(16)2)10-12-4-5-13(17)8-14-12/h4-5,8,11,17H,3,6-7,9-10H2,1-2H3. The number of hydrogen-bond donors (Lipinski definition) is 1. The zero-order valence-electron chi connectivity index (χ0n) is 10.6. The van der Waals surface area contributed by atoms with Crippen molar-refractivity contribution < 1.29 is 5.11 Å². The van der Waals surface area contributed by atoms with Crippen molar-refractivity contribution in [3.05, 3.63) is 24.0 Å². The van der Waals surface area contributed by atoms with Crippen LogP contribution in [0.25, 0.3) is 0 Å². The molecule has 1 aliphatic rings. The van der Waals surface area contributed by atoms with Crippen molar-refractivity contribution in [3.63, 3.8) is 0 Å². The third-order valence-electron chi connectivity index (χ3n) is 3.45. The summed E-state index contributed by atoms with van der Waals surface area (Å²) in [5.74, 6) is 0.234. The fraction of sp³-hybridized carbons (Fsp3) is 0.615. The first-order valence-corrected chi connectivity index (χ1v) is 6.29. The van der Waals surface area contributed by atoms with Crippen LogP contribution in [0.4, 0.5) is 0 Å². The second-order valence-corrected chi connectivity index (χ2v) is 4.72. The van der Waals surface area contributed by atoms with E-state index in [4.69, 9.17) is 0 Å². The Hall–Kier alpha value is -1.13. The Labute approximate surface area is 103 Å². The van der Waals surface area contributed by atoms with Crippen LogP contribution in [0.5, 0.6) is 5.75 Å². The minimum atomic E-state index is 0.234. The molecule has 1 saturated heterocycles. The number of rotatable bonds is 3. The lowest BCUT2D eigenvalue weighted by Crippen LogP contribution is -2.51. The fourth-order valence-electron chi connectivity index (χ4n) is 2.42. The molecule has 1 aromatic rings. The van der Waals surface area contributed by atoms with Crippen molar-refractivity contribution >= 4 is 0 Å². The van der Waals surface area contributed by atoms with Gasteiger partial charge in [0.15, 0.2) is 0 Å². The highest BCUT2D eigenvalue weighted by atomic mass is 16.3. The maximum atomic E-state index is 9.19. The third-order valence-corrected chi connectivity index (χ3v) is 3.45. The Bertz CT molecular complexity index is 352. The van der Waals surface area contributed by atoms with E-state index >= 15 is 0 Å². The highest BCUT2D eigenvalue weighted by Crippen LogP contribution is 2.13. The summed E-state index contributed by atoms with van der Waals surface area (Å²) >= 11 is 0. The number of pyridine rings is 1. The van der Waals surface area contributed by atoms with Gasteiger partial charge in [0.05, 0.1) is 11.9 Å². The van der Waals surface area contributed by atoms with Gasteiger partial charge in [0.1, 0.15) is 5.75 Å². The zero-order valence-corrected chi connectivity index (χ0v) is 10.6. The van der Waals surface area contributed by atoms with Gasteiger partial charge in [-0.2, -0.15) is 0 Å². The van der Waals surface area contributed by atoms with Gasteiger partial charge >= 0.3 is 0 Å². The van der Waals surface area contributed by atoms with E-state index in [0.717, 1.165) is 38.4 Å². The molecule has 0 aliphatic carbocycles. The SMILES string of the molecule is CCN1CCN(Cc2ccc(O)cn2)CC1C. The summed E-state index contributed by atoms with van der Waals surface area (Å²) in [4.78, 5) is 9.16. The van der Waals surface area contributed by atoms with Crippen LogP contribution >= 0.6 is 0 Å². The minimum absolute atomic E-state index is 0.234. The molecule has 1 N–H and O–H groups in total. The molecule has 0 saturated carbocycles. The first-order chi connectivity index (χ1) is 8.19. The smallest absolute Gasteiger partial charge is 0.133 e. The Balaban J connectivity index is 1.90. The van der Waals surface area contributed by atoms with Crippen LogP contribution in [0, 0.1) is 0 Å². The number of hydrogen-bond acceptors (Lipinski definition) is 4. The first kappa shape index (κ1) is 12.3. The van der Waals surface area contributed by atoms with Gasteiger partial charge in [-0.1, -0.05) is 6.92 Å². The topological polar surface area (TPSA) is 39.6 Å². The molecule has 1 fully saturated rings. The number of piperazine rings is 1. The van der Waals surface area contributed by atoms with Gasteiger partial charge < -0.3 is 5.11 Å². The second kappa shape index (κ2) is 5.47. The third kappa shape index (κ3) is 3.17. The predicted octanol–water partition coefficient (Wildman–Crippen LogP) is 1.31. The van der Waals surface area contributed by atoms with E-state index in [2.05, 4.69) is 28.6 Å². The molecule has 94 valence electrons. The van der Waals surface area contributed by atoms with E-state index in [1.54, 1.807) is 6.07 Å². The average molecular weight is 235 g/mol. The highest BCUT2D eigenvalue weighted by Gasteiger charge is 2.22. The Morgan fingerprint density at radius 2 is 2.24 bits per heavy atom. The van der Waals surface area contributed by atoms with Crippen LogP contribution in [0.2, 0.25) is 0 Å². The van der Waals surface area contributed by atoms with Gasteiger partial charge in [-0.15, -0.1) is 0 Å². The van der Waals surface area contributed by atoms with Crippen LogP contribution in [0.3, 0.4) is 0 Å². The van der Waals surface area contributed by atoms with Crippen molar-refractivity contribution in [2.45, 2.75) is 26.4 Å². The normalized spacial score (nSPS) is 22.8. The number of nitrogens with zero attached hydrogens (tertiary/aromatic N) is 3. The van der Waals surface area contributed by atoms with E-state index in [9.17, 15) is 5.11 Å². The van der Waals surface area contributed by atoms with Crippen LogP contribution in [0.1, 0.15) is 19.5 Å². The molecule has 1 aliphatic heterocycles. The Morgan fingerprint density at radius 3 is 2.82 bits per heavy atom. The molecule has 2 heterocycles. The number of aromatic nitrogens is 1. The molecule has 17 heavy (non-hydrogen) atoms. The summed E-state index contributed by atoms with van der Waals surface area (Å²) in [5, 5.41) is 9.19. The van der Waals surface area contributed by atoms with E-state index in [0.29, 0.717) is 6.04 Å². The monoisotopic (exact) mass is 235 g/mol. The molecule has 0 radical (unpaired) electrons. The number of likely N-dealkylation sites (N-methyl/N-ethyl adjacent to an activating group) is 1. The predicted molar refractivity (Wildman–Crippen MR) is 67.9 cm³/mol. The molecule has 1 unspecified atom stereocenters. The summed E-state index contributed by atoms with van der Waals surface area (Å²) < 4.78 is 0. The molecule has 1 aromatic heterocycles. The summed E-state index contributed by atoms with van der Waals surface area (Å²) in [6, 6.07) is 4.21. The lowest BCUT2D eigenvalue weighted by atomic mass is 10.2. The van der Waals surface area contributed by atoms with Gasteiger partial charge in [-0.25, -0.2) is 0 Å². The van der Waals surface area contributed by atoms with Crippen molar-refractivity contribution in [2.75, 3.05) is 26.2 Å². The maximum Gasteiger partial charge on any atom is 0.133 e. The molecule has 0 spiro atoms. The fourth-order valence-corrected chi connectivity index (χ4v) is 2.42. The average Bonchev–Trinajstić information content (AvgIpc) is 2.32. The lowest BCUT2D eigenvalue weighted by Gasteiger charge is -2.39. The van der Waals surface area contributed by atoms with Gasteiger partial charge in [0.2, 0.25) is 0 Å².